The third kappa shape index (κ3) is 4.45. The van der Waals surface area contributed by atoms with Crippen LogP contribution in [0.4, 0.5) is 0 Å². The van der Waals surface area contributed by atoms with E-state index in [1.807, 2.05) is 60.7 Å². The maximum atomic E-state index is 12.6. The third-order valence-electron chi connectivity index (χ3n) is 5.98. The Kier molecular flexibility index (Phi) is 6.14. The van der Waals surface area contributed by atoms with Gasteiger partial charge in [-0.05, 0) is 35.4 Å². The maximum Gasteiger partial charge on any atom is 0.255 e. The number of carbonyl (C=O) groups is 2. The van der Waals surface area contributed by atoms with Crippen molar-refractivity contribution in [1.29, 1.82) is 0 Å². The first-order chi connectivity index (χ1) is 16.5. The van der Waals surface area contributed by atoms with Gasteiger partial charge in [0.15, 0.2) is 12.2 Å². The molecule has 2 amide bonds. The number of aliphatic hydroxyl groups excluding tert-OH is 2. The highest BCUT2D eigenvalue weighted by Gasteiger charge is 2.35. The molecule has 0 bridgehead atoms. The van der Waals surface area contributed by atoms with Gasteiger partial charge in [0, 0.05) is 22.8 Å². The van der Waals surface area contributed by atoms with Crippen molar-refractivity contribution < 1.29 is 19.8 Å². The summed E-state index contributed by atoms with van der Waals surface area (Å²) in [5.41, 5.74) is 3.98. The van der Waals surface area contributed by atoms with Crippen LogP contribution in [0, 0.1) is 0 Å². The molecule has 174 valence electrons. The van der Waals surface area contributed by atoms with Crippen LogP contribution < -0.4 is 5.32 Å². The van der Waals surface area contributed by atoms with Gasteiger partial charge < -0.3 is 25.0 Å². The van der Waals surface area contributed by atoms with Gasteiger partial charge in [0.2, 0.25) is 0 Å². The Hall–Kier alpha value is -3.53. The van der Waals surface area contributed by atoms with E-state index >= 15 is 0 Å². The molecule has 9 heteroatoms. The zero-order valence-electron chi connectivity index (χ0n) is 18.3. The largest absolute Gasteiger partial charge is 0.380 e. The van der Waals surface area contributed by atoms with Crippen LogP contribution in [0.15, 0.2) is 67.0 Å². The number of aliphatic hydroxyl groups is 2. The lowest BCUT2D eigenvalue weighted by Gasteiger charge is -2.22. The lowest BCUT2D eigenvalue weighted by Crippen LogP contribution is -2.49. The van der Waals surface area contributed by atoms with Gasteiger partial charge in [0.1, 0.15) is 0 Å². The van der Waals surface area contributed by atoms with E-state index in [9.17, 15) is 19.8 Å². The minimum atomic E-state index is -1.84. The number of thiophene rings is 1. The molecule has 0 spiro atoms. The molecule has 8 nitrogen and oxygen atoms in total. The van der Waals surface area contributed by atoms with Gasteiger partial charge in [-0.15, -0.1) is 11.3 Å². The number of rotatable bonds is 7. The molecule has 5 rings (SSSR count). The van der Waals surface area contributed by atoms with Crippen molar-refractivity contribution >= 4 is 34.2 Å². The molecular weight excluding hydrogens is 452 g/mol. The first-order valence-electron chi connectivity index (χ1n) is 11.0. The molecule has 4 aromatic rings. The summed E-state index contributed by atoms with van der Waals surface area (Å²) in [6.45, 7) is 1.56. The Morgan fingerprint density at radius 2 is 1.62 bits per heavy atom. The number of amides is 2. The fourth-order valence-corrected chi connectivity index (χ4v) is 5.10. The summed E-state index contributed by atoms with van der Waals surface area (Å²) in [6, 6.07) is 19.4. The number of aromatic nitrogens is 2. The Morgan fingerprint density at radius 3 is 2.38 bits per heavy atom. The van der Waals surface area contributed by atoms with Crippen LogP contribution in [0.2, 0.25) is 0 Å². The third-order valence-corrected chi connectivity index (χ3v) is 7.05. The Morgan fingerprint density at radius 1 is 0.941 bits per heavy atom. The molecule has 1 aliphatic heterocycles. The quantitative estimate of drug-likeness (QED) is 0.378. The van der Waals surface area contributed by atoms with E-state index in [-0.39, 0.29) is 6.54 Å². The minimum absolute atomic E-state index is 0.196. The summed E-state index contributed by atoms with van der Waals surface area (Å²) in [4.78, 5) is 32.9. The lowest BCUT2D eigenvalue weighted by molar-refractivity contribution is -0.153. The van der Waals surface area contributed by atoms with Crippen molar-refractivity contribution in [2.75, 3.05) is 0 Å². The molecule has 0 saturated heterocycles. The molecule has 0 radical (unpaired) electrons. The SMILES string of the molecule is O=C(NCc1ccc(Cn2cnc3ccccc32)s1)[C@H](O)[C@@H](O)C(=O)N1Cc2ccccc2C1. The second-order valence-corrected chi connectivity index (χ2v) is 9.55. The van der Waals surface area contributed by atoms with Gasteiger partial charge >= 0.3 is 0 Å². The molecular formula is C25H24N4O4S. The number of imidazole rings is 1. The van der Waals surface area contributed by atoms with Crippen LogP contribution >= 0.6 is 11.3 Å². The lowest BCUT2D eigenvalue weighted by atomic mass is 10.1. The smallest absolute Gasteiger partial charge is 0.255 e. The number of nitrogens with one attached hydrogen (secondary N) is 1. The summed E-state index contributed by atoms with van der Waals surface area (Å²) in [5, 5.41) is 23.2. The van der Waals surface area contributed by atoms with E-state index < -0.39 is 24.0 Å². The van der Waals surface area contributed by atoms with Crippen molar-refractivity contribution in [1.82, 2.24) is 19.8 Å². The number of carbonyl (C=O) groups excluding carboxylic acids is 2. The molecule has 2 aromatic heterocycles. The molecule has 0 unspecified atom stereocenters. The predicted molar refractivity (Wildman–Crippen MR) is 128 cm³/mol. The van der Waals surface area contributed by atoms with Crippen LogP contribution in [-0.2, 0) is 35.8 Å². The Labute approximate surface area is 200 Å². The number of para-hydroxylation sites is 2. The van der Waals surface area contributed by atoms with E-state index in [0.717, 1.165) is 31.9 Å². The predicted octanol–water partition coefficient (Wildman–Crippen LogP) is 2.03. The van der Waals surface area contributed by atoms with Gasteiger partial charge in [-0.1, -0.05) is 36.4 Å². The van der Waals surface area contributed by atoms with Crippen molar-refractivity contribution in [2.45, 2.75) is 38.4 Å². The fourth-order valence-electron chi connectivity index (χ4n) is 4.14. The summed E-state index contributed by atoms with van der Waals surface area (Å²) in [6.07, 6.45) is -1.85. The highest BCUT2D eigenvalue weighted by atomic mass is 32.1. The molecule has 0 aliphatic carbocycles. The molecule has 3 N–H and O–H groups in total. The van der Waals surface area contributed by atoms with E-state index in [4.69, 9.17) is 0 Å². The molecule has 0 fully saturated rings. The van der Waals surface area contributed by atoms with Crippen molar-refractivity contribution in [3.63, 3.8) is 0 Å². The second-order valence-electron chi connectivity index (χ2n) is 8.30. The average Bonchev–Trinajstić information content (AvgIpc) is 3.60. The highest BCUT2D eigenvalue weighted by Crippen LogP contribution is 2.23. The van der Waals surface area contributed by atoms with Crippen LogP contribution in [0.1, 0.15) is 20.9 Å². The molecule has 1 aliphatic rings. The van der Waals surface area contributed by atoms with Gasteiger partial charge in [-0.3, -0.25) is 9.59 Å². The van der Waals surface area contributed by atoms with E-state index in [2.05, 4.69) is 14.9 Å². The highest BCUT2D eigenvalue weighted by molar-refractivity contribution is 7.11. The summed E-state index contributed by atoms with van der Waals surface area (Å²) >= 11 is 1.54. The van der Waals surface area contributed by atoms with Crippen LogP contribution in [0.25, 0.3) is 11.0 Å². The molecule has 3 heterocycles. The second kappa shape index (κ2) is 9.38. The number of hydrogen-bond donors (Lipinski definition) is 3. The number of hydrogen-bond acceptors (Lipinski definition) is 6. The van der Waals surface area contributed by atoms with Gasteiger partial charge in [-0.25, -0.2) is 4.98 Å². The van der Waals surface area contributed by atoms with Gasteiger partial charge in [0.25, 0.3) is 11.8 Å². The van der Waals surface area contributed by atoms with Crippen LogP contribution in [0.3, 0.4) is 0 Å². The number of nitrogens with zero attached hydrogens (tertiary/aromatic N) is 3. The Balaban J connectivity index is 1.14. The fraction of sp³-hybridized carbons (Fsp3) is 0.240. The van der Waals surface area contributed by atoms with Gasteiger partial charge in [0.05, 0.1) is 30.5 Å². The monoisotopic (exact) mass is 476 g/mol. The zero-order chi connectivity index (χ0) is 23.7. The van der Waals surface area contributed by atoms with Crippen LogP contribution in [0.5, 0.6) is 0 Å². The molecule has 2 atom stereocenters. The summed E-state index contributed by atoms with van der Waals surface area (Å²) < 4.78 is 2.06. The van der Waals surface area contributed by atoms with E-state index in [1.165, 1.54) is 16.2 Å². The Bertz CT molecular complexity index is 1320. The molecule has 2 aromatic carbocycles. The number of fused-ring (bicyclic) bond motifs is 2. The van der Waals surface area contributed by atoms with Crippen molar-refractivity contribution in [3.8, 4) is 0 Å². The van der Waals surface area contributed by atoms with E-state index in [1.54, 1.807) is 6.33 Å². The summed E-state index contributed by atoms with van der Waals surface area (Å²) in [5.74, 6) is -1.45. The topological polar surface area (TPSA) is 108 Å². The van der Waals surface area contributed by atoms with Gasteiger partial charge in [-0.2, -0.15) is 0 Å². The number of benzene rings is 2. The first-order valence-corrected chi connectivity index (χ1v) is 11.8. The maximum absolute atomic E-state index is 12.6. The normalized spacial score (nSPS) is 14.7. The van der Waals surface area contributed by atoms with Crippen molar-refractivity contribution in [2.24, 2.45) is 0 Å². The van der Waals surface area contributed by atoms with E-state index in [0.29, 0.717) is 19.6 Å². The minimum Gasteiger partial charge on any atom is -0.380 e. The average molecular weight is 477 g/mol. The first kappa shape index (κ1) is 22.3. The zero-order valence-corrected chi connectivity index (χ0v) is 19.1. The molecule has 0 saturated carbocycles. The summed E-state index contributed by atoms with van der Waals surface area (Å²) in [7, 11) is 0. The van der Waals surface area contributed by atoms with Crippen molar-refractivity contribution in [3.05, 3.63) is 87.9 Å². The standard InChI is InChI=1S/C25H24N4O4S/c30-22(23(31)25(33)28-12-16-5-1-2-6-17(16)13-28)24(32)26-11-18-9-10-19(34-18)14-29-15-27-20-7-3-4-8-21(20)29/h1-10,15,22-23,30-31H,11-14H2,(H,26,32)/t22-,23-/m1/s1. The van der Waals surface area contributed by atoms with Crippen LogP contribution in [-0.4, -0.2) is 48.7 Å². The molecule has 34 heavy (non-hydrogen) atoms.